The summed E-state index contributed by atoms with van der Waals surface area (Å²) in [6.45, 7) is 0.218. The van der Waals surface area contributed by atoms with Crippen LogP contribution in [0.5, 0.6) is 5.75 Å². The van der Waals surface area contributed by atoms with Gasteiger partial charge in [0.15, 0.2) is 11.6 Å². The maximum atomic E-state index is 14.0. The number of halogens is 4. The van der Waals surface area contributed by atoms with Gasteiger partial charge in [-0.3, -0.25) is 0 Å². The summed E-state index contributed by atoms with van der Waals surface area (Å²) in [5.41, 5.74) is 0.513. The first-order chi connectivity index (χ1) is 13.9. The van der Waals surface area contributed by atoms with E-state index in [2.05, 4.69) is 5.32 Å². The highest BCUT2D eigenvalue weighted by Crippen LogP contribution is 2.32. The van der Waals surface area contributed by atoms with E-state index in [9.17, 15) is 31.1 Å². The summed E-state index contributed by atoms with van der Waals surface area (Å²) in [7, 11) is -2.17. The highest BCUT2D eigenvalue weighted by molar-refractivity contribution is 7.90. The lowest BCUT2D eigenvalue weighted by Crippen LogP contribution is -2.21. The molecule has 2 aromatic carbocycles. The van der Waals surface area contributed by atoms with E-state index in [1.165, 1.54) is 18.3 Å². The van der Waals surface area contributed by atoms with Crippen molar-refractivity contribution < 1.29 is 41.0 Å². The SMILES string of the molecule is CNCc1c(O)c(F)cc2c1ccn2S(=O)(=O)c1ccccc1.O=C(O)C(F)(F)F. The number of hydrogen-bond donors (Lipinski definition) is 3. The molecule has 0 aliphatic heterocycles. The Morgan fingerprint density at radius 1 is 1.17 bits per heavy atom. The van der Waals surface area contributed by atoms with Gasteiger partial charge in [0.25, 0.3) is 10.0 Å². The number of rotatable bonds is 4. The second-order valence-electron chi connectivity index (χ2n) is 5.88. The van der Waals surface area contributed by atoms with Crippen molar-refractivity contribution in [3.63, 3.8) is 0 Å². The Hall–Kier alpha value is -3.12. The van der Waals surface area contributed by atoms with Gasteiger partial charge in [-0.1, -0.05) is 18.2 Å². The van der Waals surface area contributed by atoms with Crippen molar-refractivity contribution in [3.05, 3.63) is 60.0 Å². The van der Waals surface area contributed by atoms with Crippen LogP contribution in [-0.4, -0.2) is 41.8 Å². The van der Waals surface area contributed by atoms with Crippen LogP contribution < -0.4 is 5.32 Å². The zero-order chi connectivity index (χ0) is 22.7. The molecule has 162 valence electrons. The van der Waals surface area contributed by atoms with Crippen molar-refractivity contribution in [1.82, 2.24) is 9.29 Å². The molecule has 0 radical (unpaired) electrons. The van der Waals surface area contributed by atoms with Crippen LogP contribution >= 0.6 is 0 Å². The van der Waals surface area contributed by atoms with Crippen molar-refractivity contribution in [2.24, 2.45) is 0 Å². The summed E-state index contributed by atoms with van der Waals surface area (Å²) in [6, 6.07) is 10.5. The minimum atomic E-state index is -5.08. The minimum Gasteiger partial charge on any atom is -0.505 e. The molecule has 0 saturated carbocycles. The monoisotopic (exact) mass is 448 g/mol. The molecule has 3 rings (SSSR count). The number of aromatic hydroxyl groups is 1. The molecule has 0 amide bonds. The number of carbonyl (C=O) groups is 1. The highest BCUT2D eigenvalue weighted by Gasteiger charge is 2.38. The summed E-state index contributed by atoms with van der Waals surface area (Å²) in [6.07, 6.45) is -3.72. The van der Waals surface area contributed by atoms with Crippen LogP contribution in [0.3, 0.4) is 0 Å². The summed E-state index contributed by atoms with van der Waals surface area (Å²) in [5.74, 6) is -4.08. The Morgan fingerprint density at radius 2 is 1.73 bits per heavy atom. The molecule has 3 aromatic rings. The molecule has 0 aliphatic carbocycles. The number of nitrogens with zero attached hydrogens (tertiary/aromatic N) is 1. The largest absolute Gasteiger partial charge is 0.505 e. The number of phenolic OH excluding ortho intramolecular Hbond substituents is 1. The zero-order valence-electron chi connectivity index (χ0n) is 15.3. The zero-order valence-corrected chi connectivity index (χ0v) is 16.1. The van der Waals surface area contributed by atoms with E-state index in [1.807, 2.05) is 0 Å². The lowest BCUT2D eigenvalue weighted by molar-refractivity contribution is -0.192. The van der Waals surface area contributed by atoms with Crippen LogP contribution in [0.15, 0.2) is 53.6 Å². The van der Waals surface area contributed by atoms with Gasteiger partial charge in [-0.2, -0.15) is 13.2 Å². The molecule has 0 unspecified atom stereocenters. The predicted molar refractivity (Wildman–Crippen MR) is 99.0 cm³/mol. The number of fused-ring (bicyclic) bond motifs is 1. The summed E-state index contributed by atoms with van der Waals surface area (Å²) < 4.78 is 72.2. The number of aromatic nitrogens is 1. The number of alkyl halides is 3. The summed E-state index contributed by atoms with van der Waals surface area (Å²) in [5, 5.41) is 20.3. The van der Waals surface area contributed by atoms with Gasteiger partial charge in [0.1, 0.15) is 0 Å². The number of nitrogens with one attached hydrogen (secondary N) is 1. The predicted octanol–water partition coefficient (Wildman–Crippen LogP) is 3.08. The van der Waals surface area contributed by atoms with Crippen LogP contribution in [0, 0.1) is 5.82 Å². The third-order valence-electron chi connectivity index (χ3n) is 3.89. The van der Waals surface area contributed by atoms with E-state index < -0.39 is 33.7 Å². The molecule has 3 N–H and O–H groups in total. The Kier molecular flexibility index (Phi) is 6.73. The number of carboxylic acids is 1. The molecule has 0 spiro atoms. The van der Waals surface area contributed by atoms with Crippen molar-refractivity contribution in [3.8, 4) is 5.75 Å². The van der Waals surface area contributed by atoms with Gasteiger partial charge in [-0.25, -0.2) is 21.6 Å². The normalized spacial score (nSPS) is 11.8. The van der Waals surface area contributed by atoms with Gasteiger partial charge in [0.2, 0.25) is 0 Å². The molecular weight excluding hydrogens is 432 g/mol. The number of hydrogen-bond acceptors (Lipinski definition) is 5. The third kappa shape index (κ3) is 4.71. The van der Waals surface area contributed by atoms with Gasteiger partial charge in [-0.05, 0) is 25.2 Å². The van der Waals surface area contributed by atoms with Crippen LogP contribution in [0.25, 0.3) is 10.9 Å². The highest BCUT2D eigenvalue weighted by atomic mass is 32.2. The first kappa shape index (κ1) is 23.2. The lowest BCUT2D eigenvalue weighted by Gasteiger charge is -2.10. The average molecular weight is 448 g/mol. The van der Waals surface area contributed by atoms with Crippen molar-refractivity contribution in [2.75, 3.05) is 7.05 Å². The molecule has 7 nitrogen and oxygen atoms in total. The molecule has 0 saturated heterocycles. The molecule has 0 atom stereocenters. The molecule has 1 heterocycles. The second-order valence-corrected chi connectivity index (χ2v) is 7.70. The van der Waals surface area contributed by atoms with E-state index >= 15 is 0 Å². The van der Waals surface area contributed by atoms with Crippen molar-refractivity contribution in [2.45, 2.75) is 17.6 Å². The molecule has 12 heteroatoms. The number of phenols is 1. The van der Waals surface area contributed by atoms with Gasteiger partial charge in [-0.15, -0.1) is 0 Å². The van der Waals surface area contributed by atoms with Gasteiger partial charge < -0.3 is 15.5 Å². The van der Waals surface area contributed by atoms with E-state index in [0.717, 1.165) is 10.0 Å². The third-order valence-corrected chi connectivity index (χ3v) is 5.59. The van der Waals surface area contributed by atoms with E-state index in [1.54, 1.807) is 31.3 Å². The van der Waals surface area contributed by atoms with E-state index in [-0.39, 0.29) is 17.0 Å². The summed E-state index contributed by atoms with van der Waals surface area (Å²) in [4.78, 5) is 9.01. The van der Waals surface area contributed by atoms with Crippen LogP contribution in [-0.2, 0) is 21.4 Å². The quantitative estimate of drug-likeness (QED) is 0.530. The second kappa shape index (κ2) is 8.71. The first-order valence-electron chi connectivity index (χ1n) is 8.18. The standard InChI is InChI=1S/C16H15FN2O3S.C2HF3O2/c1-18-10-13-12-7-8-19(15(12)9-14(17)16(13)20)23(21,22)11-5-3-2-4-6-11;3-2(4,5)1(6)7/h2-9,18,20H,10H2,1H3;(H,6,7). The molecule has 0 aliphatic rings. The maximum Gasteiger partial charge on any atom is 0.490 e. The topological polar surface area (TPSA) is 109 Å². The van der Waals surface area contributed by atoms with E-state index in [0.29, 0.717) is 10.9 Å². The Labute approximate surface area is 168 Å². The number of carboxylic acid groups (broad SMARTS) is 1. The van der Waals surface area contributed by atoms with Crippen LogP contribution in [0.2, 0.25) is 0 Å². The smallest absolute Gasteiger partial charge is 0.490 e. The fraction of sp³-hybridized carbons (Fsp3) is 0.167. The maximum absolute atomic E-state index is 14.0. The van der Waals surface area contributed by atoms with E-state index in [4.69, 9.17) is 9.90 Å². The average Bonchev–Trinajstić information content (AvgIpc) is 3.10. The molecule has 0 fully saturated rings. The Bertz CT molecular complexity index is 1160. The molecule has 0 bridgehead atoms. The molecule has 1 aromatic heterocycles. The van der Waals surface area contributed by atoms with Gasteiger partial charge in [0, 0.05) is 29.8 Å². The number of aliphatic carboxylic acids is 1. The van der Waals surface area contributed by atoms with Gasteiger partial charge in [0.05, 0.1) is 10.4 Å². The molecular formula is C18H16F4N2O5S. The first-order valence-corrected chi connectivity index (χ1v) is 9.62. The van der Waals surface area contributed by atoms with Crippen molar-refractivity contribution in [1.29, 1.82) is 0 Å². The summed E-state index contributed by atoms with van der Waals surface area (Å²) >= 11 is 0. The fourth-order valence-electron chi connectivity index (χ4n) is 2.55. The van der Waals surface area contributed by atoms with Gasteiger partial charge >= 0.3 is 12.1 Å². The number of benzene rings is 2. The minimum absolute atomic E-state index is 0.112. The van der Waals surface area contributed by atoms with Crippen LogP contribution in [0.1, 0.15) is 5.56 Å². The molecule has 30 heavy (non-hydrogen) atoms. The lowest BCUT2D eigenvalue weighted by atomic mass is 10.1. The Morgan fingerprint density at radius 3 is 2.23 bits per heavy atom. The Balaban J connectivity index is 0.000000396. The van der Waals surface area contributed by atoms with Crippen molar-refractivity contribution >= 4 is 26.9 Å². The van der Waals surface area contributed by atoms with Crippen LogP contribution in [0.4, 0.5) is 17.6 Å². The fourth-order valence-corrected chi connectivity index (χ4v) is 3.91.